The molecule has 0 amide bonds. The molecule has 0 N–H and O–H groups in total. The molecule has 1 aliphatic rings. The Kier molecular flexibility index (Phi) is 4.49. The SMILES string of the molecule is CCOC(=O)/C(=N/N=C(/Cl)C1CC1)c1cccs1. The first kappa shape index (κ1) is 13.2. The predicted molar refractivity (Wildman–Crippen MR) is 73.5 cm³/mol. The Hall–Kier alpha value is -1.20. The molecule has 0 unspecified atom stereocenters. The summed E-state index contributed by atoms with van der Waals surface area (Å²) in [5.74, 6) is -0.147. The van der Waals surface area contributed by atoms with E-state index in [1.807, 2.05) is 11.4 Å². The molecule has 2 rings (SSSR count). The maximum absolute atomic E-state index is 11.8. The summed E-state index contributed by atoms with van der Waals surface area (Å²) in [6.45, 7) is 2.06. The third kappa shape index (κ3) is 3.40. The van der Waals surface area contributed by atoms with E-state index in [2.05, 4.69) is 10.2 Å². The van der Waals surface area contributed by atoms with Crippen molar-refractivity contribution in [3.05, 3.63) is 22.4 Å². The Morgan fingerprint density at radius 3 is 2.89 bits per heavy atom. The van der Waals surface area contributed by atoms with Crippen LogP contribution in [0.25, 0.3) is 0 Å². The molecule has 0 saturated heterocycles. The van der Waals surface area contributed by atoms with E-state index < -0.39 is 5.97 Å². The first-order valence-corrected chi connectivity index (χ1v) is 7.00. The zero-order valence-electron chi connectivity index (χ0n) is 9.93. The van der Waals surface area contributed by atoms with E-state index in [0.29, 0.717) is 17.7 Å². The van der Waals surface area contributed by atoms with Crippen molar-refractivity contribution in [1.29, 1.82) is 0 Å². The molecule has 1 aliphatic carbocycles. The zero-order valence-corrected chi connectivity index (χ0v) is 11.5. The summed E-state index contributed by atoms with van der Waals surface area (Å²) in [6.07, 6.45) is 2.09. The maximum atomic E-state index is 11.8. The van der Waals surface area contributed by atoms with Gasteiger partial charge < -0.3 is 4.74 Å². The van der Waals surface area contributed by atoms with Crippen LogP contribution in [0.4, 0.5) is 0 Å². The molecule has 96 valence electrons. The number of ether oxygens (including phenoxy) is 1. The van der Waals surface area contributed by atoms with Crippen LogP contribution in [0.1, 0.15) is 24.6 Å². The van der Waals surface area contributed by atoms with Crippen LogP contribution in [0.3, 0.4) is 0 Å². The van der Waals surface area contributed by atoms with Crippen LogP contribution in [-0.4, -0.2) is 23.5 Å². The van der Waals surface area contributed by atoms with Crippen LogP contribution < -0.4 is 0 Å². The molecule has 1 heterocycles. The summed E-state index contributed by atoms with van der Waals surface area (Å²) in [4.78, 5) is 12.5. The second-order valence-electron chi connectivity index (χ2n) is 3.84. The van der Waals surface area contributed by atoms with Crippen LogP contribution in [0.15, 0.2) is 27.7 Å². The number of hydrogen-bond donors (Lipinski definition) is 0. The number of halogens is 1. The molecule has 18 heavy (non-hydrogen) atoms. The van der Waals surface area contributed by atoms with Gasteiger partial charge in [0.25, 0.3) is 0 Å². The fraction of sp³-hybridized carbons (Fsp3) is 0.417. The smallest absolute Gasteiger partial charge is 0.360 e. The number of esters is 1. The second-order valence-corrected chi connectivity index (χ2v) is 5.18. The highest BCUT2D eigenvalue weighted by Gasteiger charge is 2.26. The molecule has 0 aromatic carbocycles. The van der Waals surface area contributed by atoms with Crippen LogP contribution in [0.2, 0.25) is 0 Å². The Balaban J connectivity index is 2.21. The molecular formula is C12H13ClN2O2S. The van der Waals surface area contributed by atoms with E-state index in [-0.39, 0.29) is 5.71 Å². The van der Waals surface area contributed by atoms with Crippen molar-refractivity contribution in [3.8, 4) is 0 Å². The monoisotopic (exact) mass is 284 g/mol. The third-order valence-corrected chi connectivity index (χ3v) is 3.64. The van der Waals surface area contributed by atoms with Crippen LogP contribution in [0, 0.1) is 5.92 Å². The maximum Gasteiger partial charge on any atom is 0.360 e. The summed E-state index contributed by atoms with van der Waals surface area (Å²) >= 11 is 7.38. The summed E-state index contributed by atoms with van der Waals surface area (Å²) in [6, 6.07) is 3.65. The molecule has 1 fully saturated rings. The second kappa shape index (κ2) is 6.11. The minimum Gasteiger partial charge on any atom is -0.461 e. The minimum absolute atomic E-state index is 0.214. The van der Waals surface area contributed by atoms with Crippen LogP contribution in [-0.2, 0) is 9.53 Å². The molecule has 0 radical (unpaired) electrons. The van der Waals surface area contributed by atoms with Crippen molar-refractivity contribution in [3.63, 3.8) is 0 Å². The average molecular weight is 285 g/mol. The molecular weight excluding hydrogens is 272 g/mol. The molecule has 4 nitrogen and oxygen atoms in total. The number of carbonyl (C=O) groups excluding carboxylic acids is 1. The first-order valence-electron chi connectivity index (χ1n) is 5.74. The van der Waals surface area contributed by atoms with Crippen LogP contribution >= 0.6 is 22.9 Å². The average Bonchev–Trinajstić information content (AvgIpc) is 3.07. The summed E-state index contributed by atoms with van der Waals surface area (Å²) in [5, 5.41) is 10.2. The highest BCUT2D eigenvalue weighted by Crippen LogP contribution is 2.32. The normalized spacial score (nSPS) is 16.8. The van der Waals surface area contributed by atoms with Gasteiger partial charge >= 0.3 is 5.97 Å². The number of thiophene rings is 1. The molecule has 6 heteroatoms. The van der Waals surface area contributed by atoms with Gasteiger partial charge in [0.1, 0.15) is 5.17 Å². The lowest BCUT2D eigenvalue weighted by Gasteiger charge is -2.02. The van der Waals surface area contributed by atoms with E-state index in [9.17, 15) is 4.79 Å². The Bertz CT molecular complexity index is 478. The number of nitrogens with zero attached hydrogens (tertiary/aromatic N) is 2. The van der Waals surface area contributed by atoms with Gasteiger partial charge in [-0.2, -0.15) is 0 Å². The Morgan fingerprint density at radius 1 is 1.56 bits per heavy atom. The lowest BCUT2D eigenvalue weighted by Crippen LogP contribution is -2.17. The fourth-order valence-electron chi connectivity index (χ4n) is 1.30. The standard InChI is InChI=1S/C12H13ClN2O2S/c1-2-17-12(16)10(9-4-3-7-18-9)14-15-11(13)8-5-6-8/h3-4,7-8H,2,5-6H2,1H3/b14-10+,15-11+. The van der Waals surface area contributed by atoms with Gasteiger partial charge in [0.15, 0.2) is 5.71 Å². The predicted octanol–water partition coefficient (Wildman–Crippen LogP) is 3.06. The van der Waals surface area contributed by atoms with Crippen molar-refractivity contribution >= 4 is 39.8 Å². The molecule has 1 saturated carbocycles. The molecule has 0 spiro atoms. The van der Waals surface area contributed by atoms with Crippen LogP contribution in [0.5, 0.6) is 0 Å². The molecule has 0 atom stereocenters. The van der Waals surface area contributed by atoms with E-state index in [1.54, 1.807) is 13.0 Å². The lowest BCUT2D eigenvalue weighted by atomic mass is 10.3. The van der Waals surface area contributed by atoms with E-state index in [0.717, 1.165) is 17.7 Å². The number of rotatable bonds is 5. The van der Waals surface area contributed by atoms with Gasteiger partial charge in [0.2, 0.25) is 0 Å². The minimum atomic E-state index is -0.469. The topological polar surface area (TPSA) is 51.0 Å². The Labute approximate surface area is 114 Å². The molecule has 0 aliphatic heterocycles. The van der Waals surface area contributed by atoms with Crippen molar-refractivity contribution in [2.24, 2.45) is 16.1 Å². The van der Waals surface area contributed by atoms with E-state index in [1.165, 1.54) is 11.3 Å². The van der Waals surface area contributed by atoms with Crippen molar-refractivity contribution in [2.45, 2.75) is 19.8 Å². The number of hydrogen-bond acceptors (Lipinski definition) is 5. The van der Waals surface area contributed by atoms with Gasteiger partial charge in [-0.1, -0.05) is 17.7 Å². The first-order chi connectivity index (χ1) is 8.72. The van der Waals surface area contributed by atoms with E-state index >= 15 is 0 Å². The Morgan fingerprint density at radius 2 is 2.33 bits per heavy atom. The molecule has 1 aromatic heterocycles. The highest BCUT2D eigenvalue weighted by molar-refractivity contribution is 7.13. The van der Waals surface area contributed by atoms with E-state index in [4.69, 9.17) is 16.3 Å². The van der Waals surface area contributed by atoms with Crippen molar-refractivity contribution in [1.82, 2.24) is 0 Å². The van der Waals surface area contributed by atoms with Gasteiger partial charge in [-0.25, -0.2) is 4.79 Å². The van der Waals surface area contributed by atoms with Gasteiger partial charge in [0, 0.05) is 5.92 Å². The molecule has 0 bridgehead atoms. The summed E-state index contributed by atoms with van der Waals surface area (Å²) in [7, 11) is 0. The van der Waals surface area contributed by atoms with Gasteiger partial charge in [-0.05, 0) is 31.2 Å². The summed E-state index contributed by atoms with van der Waals surface area (Å²) in [5.41, 5.74) is 0.214. The van der Waals surface area contributed by atoms with Gasteiger partial charge in [-0.3, -0.25) is 0 Å². The summed E-state index contributed by atoms with van der Waals surface area (Å²) < 4.78 is 4.96. The highest BCUT2D eigenvalue weighted by atomic mass is 35.5. The van der Waals surface area contributed by atoms with Gasteiger partial charge in [-0.15, -0.1) is 21.5 Å². The zero-order chi connectivity index (χ0) is 13.0. The van der Waals surface area contributed by atoms with Gasteiger partial charge in [0.05, 0.1) is 11.5 Å². The van der Waals surface area contributed by atoms with Crippen molar-refractivity contribution < 1.29 is 9.53 Å². The third-order valence-electron chi connectivity index (χ3n) is 2.38. The quantitative estimate of drug-likeness (QED) is 0.474. The number of carbonyl (C=O) groups is 1. The largest absolute Gasteiger partial charge is 0.461 e. The molecule has 1 aromatic rings. The fourth-order valence-corrected chi connectivity index (χ4v) is 2.26. The van der Waals surface area contributed by atoms with Crippen molar-refractivity contribution in [2.75, 3.05) is 6.61 Å². The lowest BCUT2D eigenvalue weighted by molar-refractivity contribution is -0.134.